The summed E-state index contributed by atoms with van der Waals surface area (Å²) in [6, 6.07) is 13.0. The number of hydrazine groups is 2. The highest BCUT2D eigenvalue weighted by Crippen LogP contribution is 2.25. The summed E-state index contributed by atoms with van der Waals surface area (Å²) < 4.78 is 6.26. The van der Waals surface area contributed by atoms with Gasteiger partial charge in [0.2, 0.25) is 0 Å². The van der Waals surface area contributed by atoms with Gasteiger partial charge >= 0.3 is 11.1 Å². The number of H-pyrrole nitrogens is 1. The van der Waals surface area contributed by atoms with Gasteiger partial charge in [0.15, 0.2) is 6.61 Å². The van der Waals surface area contributed by atoms with Gasteiger partial charge in [-0.05, 0) is 59.7 Å². The third-order valence-electron chi connectivity index (χ3n) is 3.50. The Balaban J connectivity index is 1.67. The number of nitrogens with two attached hydrogens (primary N) is 3. The second kappa shape index (κ2) is 9.23. The maximum atomic E-state index is 10.8. The van der Waals surface area contributed by atoms with E-state index in [0.717, 1.165) is 25.9 Å². The second-order valence-electron chi connectivity index (χ2n) is 5.51. The van der Waals surface area contributed by atoms with E-state index in [1.165, 1.54) is 23.3 Å². The van der Waals surface area contributed by atoms with Crippen LogP contribution in [0.1, 0.15) is 0 Å². The van der Waals surface area contributed by atoms with E-state index in [-0.39, 0.29) is 6.61 Å². The van der Waals surface area contributed by atoms with Gasteiger partial charge in [0.25, 0.3) is 5.91 Å². The van der Waals surface area contributed by atoms with Crippen molar-refractivity contribution < 1.29 is 19.5 Å². The van der Waals surface area contributed by atoms with Crippen LogP contribution in [-0.4, -0.2) is 18.5 Å². The number of carbonyl (C=O) groups excluding carboxylic acids is 1. The zero-order valence-electron chi connectivity index (χ0n) is 14.6. The molecule has 10 nitrogen and oxygen atoms in total. The van der Waals surface area contributed by atoms with Gasteiger partial charge in [0.1, 0.15) is 11.3 Å². The monoisotopic (exact) mass is 420 g/mol. The Kier molecular flexibility index (Phi) is 6.49. The quantitative estimate of drug-likeness (QED) is 0.0813. The van der Waals surface area contributed by atoms with Crippen molar-refractivity contribution in [3.63, 3.8) is 0 Å². The lowest BCUT2D eigenvalue weighted by Gasteiger charge is -2.01. The third-order valence-corrected chi connectivity index (χ3v) is 5.01. The number of nitrogens with one attached hydrogen (secondary N) is 5. The summed E-state index contributed by atoms with van der Waals surface area (Å²) in [6.45, 7) is -0.162. The Bertz CT molecular complexity index is 990. The van der Waals surface area contributed by atoms with Gasteiger partial charge < -0.3 is 10.5 Å². The van der Waals surface area contributed by atoms with E-state index < -0.39 is 5.91 Å². The van der Waals surface area contributed by atoms with Crippen molar-refractivity contribution in [1.82, 2.24) is 10.9 Å². The summed E-state index contributed by atoms with van der Waals surface area (Å²) in [5, 5.41) is 6.26. The van der Waals surface area contributed by atoms with Gasteiger partial charge in [0.05, 0.1) is 10.4 Å². The highest BCUT2D eigenvalue weighted by Gasteiger charge is 2.14. The summed E-state index contributed by atoms with van der Waals surface area (Å²) in [6.07, 6.45) is 0. The number of anilines is 1. The molecule has 28 heavy (non-hydrogen) atoms. The lowest BCUT2D eigenvalue weighted by atomic mass is 10.3. The number of guanidine groups is 1. The normalized spacial score (nSPS) is 11.3. The fraction of sp³-hybridized carbons (Fsp3) is 0.0625. The minimum Gasteiger partial charge on any atom is -0.484 e. The number of benzene rings is 2. The standard InChI is InChI=1S/C16H18N8O2S2/c17-14(25)8-26-10-3-6-12-13(7-10)27-16(21-12)24-23-15(22-18)20-9-1-4-11(28-19)5-2-9/h1-7H,8,18-19H2,(H2,17,25)(H,21,24)(H2,20,22,23)/p+2. The van der Waals surface area contributed by atoms with Crippen LogP contribution in [0.5, 0.6) is 5.75 Å². The number of ether oxygens (including phenoxy) is 1. The van der Waals surface area contributed by atoms with E-state index in [4.69, 9.17) is 21.5 Å². The van der Waals surface area contributed by atoms with Crippen LogP contribution in [0.25, 0.3) is 10.2 Å². The van der Waals surface area contributed by atoms with Crippen molar-refractivity contribution in [1.29, 1.82) is 0 Å². The molecule has 0 saturated heterocycles. The number of hydrogen-bond acceptors (Lipinski definition) is 7. The number of carbonyl (C=O) groups is 1. The number of hydrogen-bond donors (Lipinski definition) is 7. The molecule has 0 fully saturated rings. The highest BCUT2D eigenvalue weighted by atomic mass is 32.2. The molecule has 146 valence electrons. The number of rotatable bonds is 7. The molecule has 0 atom stereocenters. The first-order valence-corrected chi connectivity index (χ1v) is 9.73. The third kappa shape index (κ3) is 5.23. The van der Waals surface area contributed by atoms with Crippen LogP contribution >= 0.6 is 23.3 Å². The van der Waals surface area contributed by atoms with E-state index in [1.54, 1.807) is 6.07 Å². The number of aromatic amines is 1. The fourth-order valence-corrected chi connectivity index (χ4v) is 3.41. The first-order valence-electron chi connectivity index (χ1n) is 8.04. The van der Waals surface area contributed by atoms with Crippen LogP contribution in [0, 0.1) is 0 Å². The summed E-state index contributed by atoms with van der Waals surface area (Å²) in [5.41, 5.74) is 15.4. The highest BCUT2D eigenvalue weighted by molar-refractivity contribution is 7.97. The number of amides is 1. The Morgan fingerprint density at radius 2 is 2.04 bits per heavy atom. The SMILES string of the molecule is NNC(NNc1[nH+]c2ccc(OCC(N)=O)cc2s1)=[NH+]c1ccc(SN)cc1. The van der Waals surface area contributed by atoms with Crippen molar-refractivity contribution in [2.24, 2.45) is 16.7 Å². The molecule has 12 heteroatoms. The largest absolute Gasteiger partial charge is 0.484 e. The molecule has 0 bridgehead atoms. The zero-order valence-corrected chi connectivity index (χ0v) is 16.2. The fourth-order valence-electron chi connectivity index (χ4n) is 2.23. The predicted octanol–water partition coefficient (Wildman–Crippen LogP) is -1.31. The van der Waals surface area contributed by atoms with Crippen LogP contribution < -0.4 is 47.7 Å². The van der Waals surface area contributed by atoms with Crippen molar-refractivity contribution in [2.45, 2.75) is 4.90 Å². The lowest BCUT2D eigenvalue weighted by Crippen LogP contribution is -2.76. The first kappa shape index (κ1) is 19.7. The molecule has 1 heterocycles. The van der Waals surface area contributed by atoms with Gasteiger partial charge in [-0.1, -0.05) is 0 Å². The van der Waals surface area contributed by atoms with Crippen LogP contribution in [0.3, 0.4) is 0 Å². The Labute approximate surface area is 168 Å². The minimum atomic E-state index is -0.523. The number of primary amides is 1. The molecule has 0 radical (unpaired) electrons. The first-order chi connectivity index (χ1) is 13.6. The topological polar surface area (TPSA) is 169 Å². The maximum Gasteiger partial charge on any atom is 0.404 e. The van der Waals surface area contributed by atoms with Gasteiger partial charge in [-0.3, -0.25) is 9.93 Å². The molecular formula is C16H20N8O2S2+2. The number of thiazole rings is 1. The predicted molar refractivity (Wildman–Crippen MR) is 109 cm³/mol. The van der Waals surface area contributed by atoms with Gasteiger partial charge in [-0.15, -0.1) is 10.9 Å². The second-order valence-corrected chi connectivity index (χ2v) is 7.27. The molecule has 1 aromatic heterocycles. The van der Waals surface area contributed by atoms with Gasteiger partial charge in [0, 0.05) is 11.0 Å². The molecule has 0 unspecified atom stereocenters. The molecular weight excluding hydrogens is 400 g/mol. The maximum absolute atomic E-state index is 10.8. The molecule has 0 aliphatic carbocycles. The molecule has 0 aliphatic heterocycles. The van der Waals surface area contributed by atoms with Gasteiger partial charge in [-0.2, -0.15) is 5.84 Å². The van der Waals surface area contributed by atoms with E-state index in [1.807, 2.05) is 36.4 Å². The Hall–Kier alpha value is -3.06. The molecule has 2 aromatic carbocycles. The van der Waals surface area contributed by atoms with E-state index in [0.29, 0.717) is 11.7 Å². The average Bonchev–Trinajstić information content (AvgIpc) is 3.12. The summed E-state index contributed by atoms with van der Waals surface area (Å²) in [4.78, 5) is 18.1. The van der Waals surface area contributed by atoms with Gasteiger partial charge in [-0.25, -0.2) is 15.4 Å². The van der Waals surface area contributed by atoms with Crippen LogP contribution in [0.4, 0.5) is 10.8 Å². The number of aromatic nitrogens is 1. The molecule has 0 aliphatic rings. The minimum absolute atomic E-state index is 0.162. The van der Waals surface area contributed by atoms with Crippen molar-refractivity contribution in [3.8, 4) is 5.75 Å². The van der Waals surface area contributed by atoms with Crippen LogP contribution in [0.15, 0.2) is 47.4 Å². The number of fused-ring (bicyclic) bond motifs is 1. The Morgan fingerprint density at radius 3 is 2.71 bits per heavy atom. The summed E-state index contributed by atoms with van der Waals surface area (Å²) in [5.74, 6) is 6.05. The van der Waals surface area contributed by atoms with E-state index in [2.05, 4.69) is 26.3 Å². The molecule has 0 saturated carbocycles. The average molecular weight is 421 g/mol. The molecule has 3 aromatic rings. The molecule has 3 rings (SSSR count). The zero-order chi connectivity index (χ0) is 19.9. The summed E-state index contributed by atoms with van der Waals surface area (Å²) >= 11 is 2.64. The Morgan fingerprint density at radius 1 is 1.25 bits per heavy atom. The van der Waals surface area contributed by atoms with E-state index in [9.17, 15) is 4.79 Å². The van der Waals surface area contributed by atoms with Crippen LogP contribution in [0.2, 0.25) is 0 Å². The summed E-state index contributed by atoms with van der Waals surface area (Å²) in [7, 11) is 0. The molecule has 0 spiro atoms. The van der Waals surface area contributed by atoms with Crippen molar-refractivity contribution in [2.75, 3.05) is 12.0 Å². The van der Waals surface area contributed by atoms with Crippen molar-refractivity contribution >= 4 is 56.2 Å². The van der Waals surface area contributed by atoms with E-state index >= 15 is 0 Å². The molecule has 11 N–H and O–H groups in total. The lowest BCUT2D eigenvalue weighted by molar-refractivity contribution is -0.360. The molecule has 1 amide bonds. The van der Waals surface area contributed by atoms with Crippen LogP contribution in [-0.2, 0) is 4.79 Å². The van der Waals surface area contributed by atoms with Crippen molar-refractivity contribution in [3.05, 3.63) is 42.5 Å². The smallest absolute Gasteiger partial charge is 0.404 e.